The first-order valence-corrected chi connectivity index (χ1v) is 4.09. The van der Waals surface area contributed by atoms with E-state index in [1.54, 1.807) is 0 Å². The fourth-order valence-electron chi connectivity index (χ4n) is 0.982. The molecule has 0 bridgehead atoms. The second kappa shape index (κ2) is 4.04. The lowest BCUT2D eigenvalue weighted by molar-refractivity contribution is 0.492. The summed E-state index contributed by atoms with van der Waals surface area (Å²) in [5.41, 5.74) is 3.06. The number of nitrogens with one attached hydrogen (secondary N) is 2. The molecular weight excluding hydrogens is 166 g/mol. The summed E-state index contributed by atoms with van der Waals surface area (Å²) < 4.78 is 0. The number of hydrogen-bond donors (Lipinski definition) is 2. The molecule has 0 unspecified atom stereocenters. The van der Waals surface area contributed by atoms with Crippen molar-refractivity contribution in [3.63, 3.8) is 0 Å². The van der Waals surface area contributed by atoms with Gasteiger partial charge in [-0.25, -0.2) is 15.0 Å². The lowest BCUT2D eigenvalue weighted by Gasteiger charge is -2.13. The topological polar surface area (TPSA) is 53.1 Å². The lowest BCUT2D eigenvalue weighted by atomic mass is 10.5. The first kappa shape index (κ1) is 9.73. The highest BCUT2D eigenvalue weighted by Crippen LogP contribution is 2.09. The van der Waals surface area contributed by atoms with E-state index in [0.717, 1.165) is 17.5 Å². The molecule has 0 fully saturated rings. The molecule has 0 aliphatic rings. The molecule has 0 amide bonds. The Balaban J connectivity index is 2.88. The smallest absolute Gasteiger partial charge is 0.146 e. The third kappa shape index (κ3) is 2.87. The molecule has 1 aromatic heterocycles. The summed E-state index contributed by atoms with van der Waals surface area (Å²) in [6, 6.07) is 1.85. The molecule has 0 radical (unpaired) electrons. The van der Waals surface area contributed by atoms with E-state index in [2.05, 4.69) is 20.7 Å². The molecule has 72 valence electrons. The van der Waals surface area contributed by atoms with Gasteiger partial charge in [-0.2, -0.15) is 0 Å². The van der Waals surface area contributed by atoms with E-state index in [4.69, 9.17) is 0 Å². The van der Waals surface area contributed by atoms with Crippen LogP contribution >= 0.6 is 0 Å². The van der Waals surface area contributed by atoms with Crippen LogP contribution in [-0.2, 0) is 0 Å². The predicted molar refractivity (Wildman–Crippen MR) is 53.6 cm³/mol. The Hall–Kier alpha value is -1.36. The summed E-state index contributed by atoms with van der Waals surface area (Å²) in [4.78, 5) is 8.40. The number of anilines is 2. The van der Waals surface area contributed by atoms with Gasteiger partial charge in [0.1, 0.15) is 17.5 Å². The van der Waals surface area contributed by atoms with Gasteiger partial charge in [0.05, 0.1) is 0 Å². The van der Waals surface area contributed by atoms with Crippen LogP contribution in [0.15, 0.2) is 6.07 Å². The van der Waals surface area contributed by atoms with Gasteiger partial charge >= 0.3 is 0 Å². The number of nitrogens with zero attached hydrogens (tertiary/aromatic N) is 3. The third-order valence-electron chi connectivity index (χ3n) is 1.43. The minimum Gasteiger partial charge on any atom is -0.373 e. The van der Waals surface area contributed by atoms with Gasteiger partial charge in [-0.05, 0) is 6.92 Å². The molecule has 13 heavy (non-hydrogen) atoms. The van der Waals surface area contributed by atoms with E-state index in [-0.39, 0.29) is 0 Å². The zero-order valence-corrected chi connectivity index (χ0v) is 8.42. The Kier molecular flexibility index (Phi) is 3.02. The van der Waals surface area contributed by atoms with Crippen LogP contribution in [0.1, 0.15) is 5.82 Å². The zero-order valence-electron chi connectivity index (χ0n) is 8.42. The van der Waals surface area contributed by atoms with Crippen molar-refractivity contribution in [3.05, 3.63) is 11.9 Å². The standard InChI is InChI=1S/C8H15N5/c1-6-10-7(9-2)5-8(11-6)12-13(3)4/h5H,1-4H3,(H2,9,10,11,12). The number of rotatable bonds is 3. The highest BCUT2D eigenvalue weighted by atomic mass is 15.5. The molecule has 0 atom stereocenters. The van der Waals surface area contributed by atoms with Gasteiger partial charge in [0.15, 0.2) is 0 Å². The van der Waals surface area contributed by atoms with Crippen LogP contribution in [-0.4, -0.2) is 36.1 Å². The third-order valence-corrected chi connectivity index (χ3v) is 1.43. The molecule has 2 N–H and O–H groups in total. The molecule has 1 heterocycles. The lowest BCUT2D eigenvalue weighted by Crippen LogP contribution is -2.20. The van der Waals surface area contributed by atoms with Crippen molar-refractivity contribution >= 4 is 11.6 Å². The van der Waals surface area contributed by atoms with Crippen molar-refractivity contribution < 1.29 is 0 Å². The molecule has 1 rings (SSSR count). The Bertz CT molecular complexity index is 284. The molecule has 0 aromatic carbocycles. The van der Waals surface area contributed by atoms with Crippen LogP contribution in [0.4, 0.5) is 11.6 Å². The predicted octanol–water partition coefficient (Wildman–Crippen LogP) is 0.715. The maximum absolute atomic E-state index is 4.22. The van der Waals surface area contributed by atoms with Gasteiger partial charge in [0, 0.05) is 27.2 Å². The second-order valence-electron chi connectivity index (χ2n) is 2.94. The van der Waals surface area contributed by atoms with E-state index >= 15 is 0 Å². The maximum Gasteiger partial charge on any atom is 0.146 e. The Morgan fingerprint density at radius 3 is 2.38 bits per heavy atom. The van der Waals surface area contributed by atoms with Crippen LogP contribution in [0.3, 0.4) is 0 Å². The van der Waals surface area contributed by atoms with Gasteiger partial charge in [-0.15, -0.1) is 0 Å². The number of hydrogen-bond acceptors (Lipinski definition) is 5. The van der Waals surface area contributed by atoms with Crippen LogP contribution in [0, 0.1) is 6.92 Å². The minimum absolute atomic E-state index is 0.746. The van der Waals surface area contributed by atoms with Crippen molar-refractivity contribution in [2.45, 2.75) is 6.92 Å². The number of aryl methyl sites for hydroxylation is 1. The molecule has 5 nitrogen and oxygen atoms in total. The first-order chi connectivity index (χ1) is 6.11. The van der Waals surface area contributed by atoms with Crippen LogP contribution in [0.5, 0.6) is 0 Å². The second-order valence-corrected chi connectivity index (χ2v) is 2.94. The monoisotopic (exact) mass is 181 g/mol. The molecular formula is C8H15N5. The Morgan fingerprint density at radius 2 is 1.85 bits per heavy atom. The molecule has 1 aromatic rings. The number of hydrazine groups is 1. The molecule has 0 aliphatic heterocycles. The quantitative estimate of drug-likeness (QED) is 0.673. The largest absolute Gasteiger partial charge is 0.373 e. The van der Waals surface area contributed by atoms with Gasteiger partial charge in [0.25, 0.3) is 0 Å². The van der Waals surface area contributed by atoms with E-state index < -0.39 is 0 Å². The number of aromatic nitrogens is 2. The van der Waals surface area contributed by atoms with Crippen LogP contribution in [0.25, 0.3) is 0 Å². The van der Waals surface area contributed by atoms with E-state index in [1.807, 2.05) is 39.1 Å². The van der Waals surface area contributed by atoms with Gasteiger partial charge in [-0.1, -0.05) is 0 Å². The fourth-order valence-corrected chi connectivity index (χ4v) is 0.982. The van der Waals surface area contributed by atoms with Crippen molar-refractivity contribution in [1.82, 2.24) is 15.0 Å². The average Bonchev–Trinajstić information content (AvgIpc) is 2.01. The Morgan fingerprint density at radius 1 is 1.23 bits per heavy atom. The highest BCUT2D eigenvalue weighted by Gasteiger charge is 1.99. The first-order valence-electron chi connectivity index (χ1n) is 4.09. The SMILES string of the molecule is CNc1cc(NN(C)C)nc(C)n1. The van der Waals surface area contributed by atoms with Gasteiger partial charge in [0.2, 0.25) is 0 Å². The van der Waals surface area contributed by atoms with E-state index in [0.29, 0.717) is 0 Å². The van der Waals surface area contributed by atoms with E-state index in [9.17, 15) is 0 Å². The van der Waals surface area contributed by atoms with Crippen molar-refractivity contribution in [2.24, 2.45) is 0 Å². The zero-order chi connectivity index (χ0) is 9.84. The van der Waals surface area contributed by atoms with Crippen molar-refractivity contribution in [3.8, 4) is 0 Å². The van der Waals surface area contributed by atoms with Crippen molar-refractivity contribution in [1.29, 1.82) is 0 Å². The van der Waals surface area contributed by atoms with E-state index in [1.165, 1.54) is 0 Å². The van der Waals surface area contributed by atoms with Gasteiger partial charge < -0.3 is 10.7 Å². The average molecular weight is 181 g/mol. The summed E-state index contributed by atoms with van der Waals surface area (Å²) in [5.74, 6) is 2.36. The molecule has 0 spiro atoms. The summed E-state index contributed by atoms with van der Waals surface area (Å²) in [6.45, 7) is 1.86. The molecule has 0 saturated heterocycles. The molecule has 0 aliphatic carbocycles. The van der Waals surface area contributed by atoms with Crippen LogP contribution < -0.4 is 10.7 Å². The fraction of sp³-hybridized carbons (Fsp3) is 0.500. The Labute approximate surface area is 78.2 Å². The maximum atomic E-state index is 4.22. The molecule has 0 saturated carbocycles. The molecule has 5 heteroatoms. The van der Waals surface area contributed by atoms with Crippen molar-refractivity contribution in [2.75, 3.05) is 31.9 Å². The minimum atomic E-state index is 0.746. The summed E-state index contributed by atoms with van der Waals surface area (Å²) in [7, 11) is 5.66. The summed E-state index contributed by atoms with van der Waals surface area (Å²) in [5, 5.41) is 4.81. The normalized spacial score (nSPS) is 10.2. The van der Waals surface area contributed by atoms with Gasteiger partial charge in [-0.3, -0.25) is 0 Å². The van der Waals surface area contributed by atoms with Crippen LogP contribution in [0.2, 0.25) is 0 Å². The summed E-state index contributed by atoms with van der Waals surface area (Å²) in [6.07, 6.45) is 0. The summed E-state index contributed by atoms with van der Waals surface area (Å²) >= 11 is 0. The highest BCUT2D eigenvalue weighted by molar-refractivity contribution is 5.46.